The van der Waals surface area contributed by atoms with Crippen LogP contribution < -0.4 is 0 Å². The Morgan fingerprint density at radius 1 is 0.750 bits per heavy atom. The van der Waals surface area contributed by atoms with Crippen LogP contribution in [-0.4, -0.2) is 46.1 Å². The number of phenols is 6. The van der Waals surface area contributed by atoms with E-state index in [0.717, 1.165) is 6.07 Å². The molecule has 0 aliphatic carbocycles. The van der Waals surface area contributed by atoms with Gasteiger partial charge in [-0.25, -0.2) is 0 Å². The second kappa shape index (κ2) is 7.71. The number of hydrogen-bond donors (Lipinski definition) is 7. The van der Waals surface area contributed by atoms with E-state index in [-0.39, 0.29) is 24.3 Å². The average molecular weight is 437 g/mol. The SMILES string of the molecule is O=C(Cn1cc(-c2ccc(O)c(O)c2O)c2ccc(CO)cc21)c1ccc(O)c(O)c1O. The second-order valence-electron chi connectivity index (χ2n) is 7.26. The Morgan fingerprint density at radius 3 is 2.09 bits per heavy atom. The number of rotatable bonds is 5. The number of Topliss-reactive ketones (excluding diaryl/α,β-unsaturated/α-hetero) is 1. The minimum absolute atomic E-state index is 0.202. The van der Waals surface area contributed by atoms with E-state index in [1.807, 2.05) is 0 Å². The molecule has 9 heteroatoms. The van der Waals surface area contributed by atoms with Crippen LogP contribution in [0.3, 0.4) is 0 Å². The molecule has 3 aromatic carbocycles. The standard InChI is InChI=1S/C23H19NO8/c25-10-11-1-2-12-15(13-3-5-17(26)22(31)20(13)29)8-24(16(12)7-11)9-19(28)14-4-6-18(27)23(32)21(14)30/h1-8,25-27,29-32H,9-10H2. The number of fused-ring (bicyclic) bond motifs is 1. The van der Waals surface area contributed by atoms with E-state index < -0.39 is 40.3 Å². The molecule has 7 N–H and O–H groups in total. The van der Waals surface area contributed by atoms with E-state index >= 15 is 0 Å². The summed E-state index contributed by atoms with van der Waals surface area (Å²) < 4.78 is 1.53. The summed E-state index contributed by atoms with van der Waals surface area (Å²) >= 11 is 0. The highest BCUT2D eigenvalue weighted by atomic mass is 16.3. The van der Waals surface area contributed by atoms with Gasteiger partial charge in [-0.1, -0.05) is 12.1 Å². The van der Waals surface area contributed by atoms with Crippen molar-refractivity contribution < 1.29 is 40.5 Å². The minimum Gasteiger partial charge on any atom is -0.504 e. The highest BCUT2D eigenvalue weighted by molar-refractivity contribution is 6.02. The van der Waals surface area contributed by atoms with Crippen LogP contribution in [0.4, 0.5) is 0 Å². The molecular weight excluding hydrogens is 418 g/mol. The molecule has 164 valence electrons. The molecule has 0 aliphatic heterocycles. The van der Waals surface area contributed by atoms with Crippen LogP contribution in [0.2, 0.25) is 0 Å². The second-order valence-corrected chi connectivity index (χ2v) is 7.26. The number of carbonyl (C=O) groups excluding carboxylic acids is 1. The predicted molar refractivity (Wildman–Crippen MR) is 114 cm³/mol. The molecule has 0 saturated heterocycles. The molecule has 32 heavy (non-hydrogen) atoms. The fourth-order valence-corrected chi connectivity index (χ4v) is 3.60. The van der Waals surface area contributed by atoms with Crippen molar-refractivity contribution in [1.29, 1.82) is 0 Å². The van der Waals surface area contributed by atoms with Gasteiger partial charge in [0.1, 0.15) is 0 Å². The molecule has 0 aliphatic rings. The third-order valence-corrected chi connectivity index (χ3v) is 5.29. The van der Waals surface area contributed by atoms with Crippen molar-refractivity contribution >= 4 is 16.7 Å². The normalized spacial score (nSPS) is 11.2. The van der Waals surface area contributed by atoms with Crippen LogP contribution >= 0.6 is 0 Å². The van der Waals surface area contributed by atoms with Crippen LogP contribution in [0.1, 0.15) is 15.9 Å². The van der Waals surface area contributed by atoms with Gasteiger partial charge in [-0.15, -0.1) is 0 Å². The third kappa shape index (κ3) is 3.30. The number of carbonyl (C=O) groups is 1. The molecule has 0 unspecified atom stereocenters. The first-order valence-corrected chi connectivity index (χ1v) is 9.47. The van der Waals surface area contributed by atoms with Gasteiger partial charge in [-0.3, -0.25) is 4.79 Å². The Balaban J connectivity index is 1.86. The van der Waals surface area contributed by atoms with Crippen molar-refractivity contribution in [3.63, 3.8) is 0 Å². The Bertz CT molecular complexity index is 1370. The summed E-state index contributed by atoms with van der Waals surface area (Å²) in [5.41, 5.74) is 1.54. The highest BCUT2D eigenvalue weighted by Gasteiger charge is 2.21. The van der Waals surface area contributed by atoms with Crippen molar-refractivity contribution in [2.45, 2.75) is 13.2 Å². The fourth-order valence-electron chi connectivity index (χ4n) is 3.60. The van der Waals surface area contributed by atoms with Crippen molar-refractivity contribution in [3.05, 3.63) is 59.8 Å². The number of ketones is 1. The molecule has 0 saturated carbocycles. The Kier molecular flexibility index (Phi) is 5.03. The lowest BCUT2D eigenvalue weighted by Gasteiger charge is -2.09. The van der Waals surface area contributed by atoms with E-state index in [9.17, 15) is 40.5 Å². The largest absolute Gasteiger partial charge is 0.504 e. The van der Waals surface area contributed by atoms with Gasteiger partial charge < -0.3 is 40.3 Å². The zero-order valence-electron chi connectivity index (χ0n) is 16.5. The minimum atomic E-state index is -0.805. The first kappa shape index (κ1) is 20.9. The van der Waals surface area contributed by atoms with Crippen molar-refractivity contribution in [2.75, 3.05) is 0 Å². The number of aliphatic hydroxyl groups excluding tert-OH is 1. The summed E-state index contributed by atoms with van der Waals surface area (Å²) in [5.74, 6) is -4.41. The van der Waals surface area contributed by atoms with Gasteiger partial charge in [0.05, 0.1) is 18.7 Å². The monoisotopic (exact) mass is 437 g/mol. The van der Waals surface area contributed by atoms with Crippen LogP contribution in [0.5, 0.6) is 34.5 Å². The number of aromatic hydroxyl groups is 6. The van der Waals surface area contributed by atoms with E-state index in [4.69, 9.17) is 0 Å². The lowest BCUT2D eigenvalue weighted by atomic mass is 10.0. The smallest absolute Gasteiger partial charge is 0.201 e. The summed E-state index contributed by atoms with van der Waals surface area (Å²) in [6.45, 7) is -0.531. The van der Waals surface area contributed by atoms with Gasteiger partial charge in [-0.05, 0) is 35.9 Å². The van der Waals surface area contributed by atoms with E-state index in [0.29, 0.717) is 22.0 Å². The van der Waals surface area contributed by atoms with E-state index in [1.165, 1.54) is 22.8 Å². The topological polar surface area (TPSA) is 164 Å². The molecule has 0 atom stereocenters. The lowest BCUT2D eigenvalue weighted by molar-refractivity contribution is 0.0970. The fraction of sp³-hybridized carbons (Fsp3) is 0.0870. The first-order chi connectivity index (χ1) is 15.2. The molecule has 0 spiro atoms. The van der Waals surface area contributed by atoms with Crippen LogP contribution in [-0.2, 0) is 13.2 Å². The van der Waals surface area contributed by atoms with Gasteiger partial charge >= 0.3 is 0 Å². The Hall–Kier alpha value is -4.37. The van der Waals surface area contributed by atoms with Gasteiger partial charge in [0.25, 0.3) is 0 Å². The molecule has 0 bridgehead atoms. The first-order valence-electron chi connectivity index (χ1n) is 9.47. The number of aromatic nitrogens is 1. The summed E-state index contributed by atoms with van der Waals surface area (Å²) in [6, 6.07) is 9.90. The molecule has 0 radical (unpaired) electrons. The number of phenolic OH excluding ortho intramolecular Hbond substituents is 6. The van der Waals surface area contributed by atoms with E-state index in [2.05, 4.69) is 0 Å². The van der Waals surface area contributed by atoms with Gasteiger partial charge in [0, 0.05) is 28.2 Å². The van der Waals surface area contributed by atoms with Crippen LogP contribution in [0, 0.1) is 0 Å². The number of nitrogens with zero attached hydrogens (tertiary/aromatic N) is 1. The number of benzene rings is 3. The Labute approximate surface area is 180 Å². The van der Waals surface area contributed by atoms with Crippen molar-refractivity contribution in [1.82, 2.24) is 4.57 Å². The maximum atomic E-state index is 12.9. The zero-order valence-corrected chi connectivity index (χ0v) is 16.5. The average Bonchev–Trinajstić information content (AvgIpc) is 3.13. The predicted octanol–water partition coefficient (Wildman–Crippen LogP) is 2.92. The molecule has 1 heterocycles. The molecule has 9 nitrogen and oxygen atoms in total. The van der Waals surface area contributed by atoms with Crippen molar-refractivity contribution in [2.24, 2.45) is 0 Å². The quantitative estimate of drug-likeness (QED) is 0.185. The molecular formula is C23H19NO8. The van der Waals surface area contributed by atoms with E-state index in [1.54, 1.807) is 24.4 Å². The van der Waals surface area contributed by atoms with Crippen LogP contribution in [0.15, 0.2) is 48.7 Å². The summed E-state index contributed by atoms with van der Waals surface area (Å²) in [7, 11) is 0. The summed E-state index contributed by atoms with van der Waals surface area (Å²) in [6.07, 6.45) is 1.55. The van der Waals surface area contributed by atoms with Gasteiger partial charge in [0.2, 0.25) is 11.5 Å². The maximum Gasteiger partial charge on any atom is 0.201 e. The van der Waals surface area contributed by atoms with Crippen molar-refractivity contribution in [3.8, 4) is 45.6 Å². The molecule has 1 aromatic heterocycles. The van der Waals surface area contributed by atoms with Crippen LogP contribution in [0.25, 0.3) is 22.0 Å². The third-order valence-electron chi connectivity index (χ3n) is 5.29. The highest BCUT2D eigenvalue weighted by Crippen LogP contribution is 2.45. The number of aliphatic hydroxyl groups is 1. The number of hydrogen-bond acceptors (Lipinski definition) is 8. The van der Waals surface area contributed by atoms with Gasteiger partial charge in [0.15, 0.2) is 28.8 Å². The zero-order chi connectivity index (χ0) is 23.2. The van der Waals surface area contributed by atoms with Gasteiger partial charge in [-0.2, -0.15) is 0 Å². The summed E-state index contributed by atoms with van der Waals surface area (Å²) in [5, 5.41) is 69.2. The maximum absolute atomic E-state index is 12.9. The molecule has 0 fully saturated rings. The molecule has 0 amide bonds. The summed E-state index contributed by atoms with van der Waals surface area (Å²) in [4.78, 5) is 12.9. The molecule has 4 rings (SSSR count). The molecule has 4 aromatic rings. The lowest BCUT2D eigenvalue weighted by Crippen LogP contribution is -2.10. The Morgan fingerprint density at radius 2 is 1.41 bits per heavy atom.